The fourth-order valence-electron chi connectivity index (χ4n) is 3.53. The highest BCUT2D eigenvalue weighted by molar-refractivity contribution is 7.88. The molecule has 2 aromatic carbocycles. The number of nitrogens with zero attached hydrogens (tertiary/aromatic N) is 1. The van der Waals surface area contributed by atoms with Gasteiger partial charge in [-0.3, -0.25) is 9.69 Å². The Morgan fingerprint density at radius 1 is 1.09 bits per heavy atom. The number of hydrogen-bond donors (Lipinski definition) is 1. The smallest absolute Gasteiger partial charge is 0.376 e. The van der Waals surface area contributed by atoms with Crippen molar-refractivity contribution in [1.29, 1.82) is 0 Å². The minimum absolute atomic E-state index is 0.232. The van der Waals surface area contributed by atoms with Crippen LogP contribution >= 0.6 is 23.2 Å². The summed E-state index contributed by atoms with van der Waals surface area (Å²) in [5.41, 5.74) is -3.06. The lowest BCUT2D eigenvalue weighted by atomic mass is 9.99. The number of hydrogen-bond acceptors (Lipinski definition) is 5. The molecule has 0 aromatic heterocycles. The molecular formula is C23H23Cl2F3N2O4S. The van der Waals surface area contributed by atoms with Crippen LogP contribution in [0.4, 0.5) is 13.2 Å². The van der Waals surface area contributed by atoms with E-state index in [4.69, 9.17) is 23.2 Å². The fraction of sp³-hybridized carbons (Fsp3) is 0.348. The van der Waals surface area contributed by atoms with Gasteiger partial charge in [0.2, 0.25) is 5.91 Å². The van der Waals surface area contributed by atoms with Crippen molar-refractivity contribution in [3.05, 3.63) is 69.2 Å². The quantitative estimate of drug-likeness (QED) is 0.201. The van der Waals surface area contributed by atoms with Crippen LogP contribution in [0.25, 0.3) is 6.08 Å². The van der Waals surface area contributed by atoms with Crippen molar-refractivity contribution in [1.82, 2.24) is 10.2 Å². The van der Waals surface area contributed by atoms with E-state index in [0.29, 0.717) is 29.6 Å². The standard InChI is InChI=1S/C23H23Cl2F3N2O4S/c24-20-7-3-16(13-21(20)25)4-8-22(31)29-10-1-2-11-30-12-9-17-5-6-19(14-18(17)15-30)34-35(32,33)23(26,27)28/h3-8,13-14H,1-2,9-12,15H2,(H,29,31)/b8-4+. The van der Waals surface area contributed by atoms with E-state index < -0.39 is 15.6 Å². The number of fused-ring (bicyclic) bond motifs is 1. The first-order valence-corrected chi connectivity index (χ1v) is 12.9. The summed E-state index contributed by atoms with van der Waals surface area (Å²) >= 11 is 11.8. The van der Waals surface area contributed by atoms with Crippen molar-refractivity contribution in [2.75, 3.05) is 19.6 Å². The van der Waals surface area contributed by atoms with Gasteiger partial charge < -0.3 is 9.50 Å². The first-order chi connectivity index (χ1) is 16.4. The molecule has 35 heavy (non-hydrogen) atoms. The van der Waals surface area contributed by atoms with Crippen LogP contribution in [0.5, 0.6) is 5.75 Å². The van der Waals surface area contributed by atoms with E-state index in [-0.39, 0.29) is 11.7 Å². The van der Waals surface area contributed by atoms with Gasteiger partial charge in [0.15, 0.2) is 0 Å². The third kappa shape index (κ3) is 7.86. The van der Waals surface area contributed by atoms with Gasteiger partial charge in [-0.15, -0.1) is 0 Å². The SMILES string of the molecule is O=C(/C=C/c1ccc(Cl)c(Cl)c1)NCCCCN1CCc2ccc(OS(=O)(=O)C(F)(F)F)cc2C1. The molecule has 0 unspecified atom stereocenters. The van der Waals surface area contributed by atoms with Crippen LogP contribution in [-0.4, -0.2) is 44.4 Å². The summed E-state index contributed by atoms with van der Waals surface area (Å²) in [6.45, 7) is 2.45. The predicted octanol–water partition coefficient (Wildman–Crippen LogP) is 5.19. The number of rotatable bonds is 9. The number of halogens is 5. The second-order valence-electron chi connectivity index (χ2n) is 7.94. The lowest BCUT2D eigenvalue weighted by Crippen LogP contribution is -2.32. The van der Waals surface area contributed by atoms with Crippen LogP contribution in [0, 0.1) is 0 Å². The predicted molar refractivity (Wildman–Crippen MR) is 129 cm³/mol. The molecule has 6 nitrogen and oxygen atoms in total. The zero-order valence-corrected chi connectivity index (χ0v) is 20.8. The van der Waals surface area contributed by atoms with Gasteiger partial charge in [-0.25, -0.2) is 0 Å². The van der Waals surface area contributed by atoms with Gasteiger partial charge in [-0.2, -0.15) is 21.6 Å². The molecule has 0 bridgehead atoms. The Labute approximate surface area is 211 Å². The van der Waals surface area contributed by atoms with Crippen molar-refractivity contribution in [3.8, 4) is 5.75 Å². The van der Waals surface area contributed by atoms with Crippen molar-refractivity contribution in [2.24, 2.45) is 0 Å². The molecule has 0 atom stereocenters. The van der Waals surface area contributed by atoms with Gasteiger partial charge in [0.1, 0.15) is 5.75 Å². The molecule has 1 amide bonds. The molecule has 190 valence electrons. The van der Waals surface area contributed by atoms with Gasteiger partial charge in [0, 0.05) is 25.7 Å². The average Bonchev–Trinajstić information content (AvgIpc) is 2.78. The van der Waals surface area contributed by atoms with Crippen LogP contribution in [0.3, 0.4) is 0 Å². The Bertz CT molecular complexity index is 1200. The largest absolute Gasteiger partial charge is 0.534 e. The maximum Gasteiger partial charge on any atom is 0.534 e. The minimum Gasteiger partial charge on any atom is -0.376 e. The highest BCUT2D eigenvalue weighted by Gasteiger charge is 2.48. The van der Waals surface area contributed by atoms with Crippen LogP contribution in [0.2, 0.25) is 10.0 Å². The normalized spacial score (nSPS) is 14.7. The van der Waals surface area contributed by atoms with Crippen molar-refractivity contribution >= 4 is 45.3 Å². The van der Waals surface area contributed by atoms with Crippen molar-refractivity contribution < 1.29 is 30.6 Å². The molecule has 1 aliphatic rings. The number of amides is 1. The van der Waals surface area contributed by atoms with E-state index in [1.807, 2.05) is 0 Å². The Hall–Kier alpha value is -2.27. The average molecular weight is 551 g/mol. The summed E-state index contributed by atoms with van der Waals surface area (Å²) in [5, 5.41) is 3.65. The van der Waals surface area contributed by atoms with Crippen molar-refractivity contribution in [2.45, 2.75) is 31.3 Å². The monoisotopic (exact) mass is 550 g/mol. The van der Waals surface area contributed by atoms with Gasteiger partial charge in [-0.05, 0) is 72.8 Å². The molecule has 0 fully saturated rings. The van der Waals surface area contributed by atoms with Crippen LogP contribution in [0.1, 0.15) is 29.5 Å². The molecule has 0 aliphatic carbocycles. The summed E-state index contributed by atoms with van der Waals surface area (Å²) in [6.07, 6.45) is 5.28. The van der Waals surface area contributed by atoms with E-state index in [1.54, 1.807) is 30.3 Å². The van der Waals surface area contributed by atoms with E-state index in [9.17, 15) is 26.4 Å². The van der Waals surface area contributed by atoms with Crippen LogP contribution in [-0.2, 0) is 27.9 Å². The topological polar surface area (TPSA) is 75.7 Å². The van der Waals surface area contributed by atoms with E-state index in [0.717, 1.165) is 42.6 Å². The van der Waals surface area contributed by atoms with Crippen LogP contribution < -0.4 is 9.50 Å². The molecule has 1 heterocycles. The Morgan fingerprint density at radius 2 is 1.86 bits per heavy atom. The maximum atomic E-state index is 12.6. The highest BCUT2D eigenvalue weighted by atomic mass is 35.5. The lowest BCUT2D eigenvalue weighted by molar-refractivity contribution is -0.116. The Balaban J connectivity index is 1.41. The molecule has 1 aliphatic heterocycles. The zero-order valence-electron chi connectivity index (χ0n) is 18.4. The van der Waals surface area contributed by atoms with Gasteiger partial charge in [-0.1, -0.05) is 35.3 Å². The third-order valence-electron chi connectivity index (χ3n) is 5.33. The third-order valence-corrected chi connectivity index (χ3v) is 7.05. The molecule has 12 heteroatoms. The Kier molecular flexibility index (Phi) is 9.09. The molecule has 1 N–H and O–H groups in total. The zero-order chi connectivity index (χ0) is 25.6. The summed E-state index contributed by atoms with van der Waals surface area (Å²) in [4.78, 5) is 14.1. The van der Waals surface area contributed by atoms with Gasteiger partial charge >= 0.3 is 15.6 Å². The second kappa shape index (κ2) is 11.6. The molecule has 0 spiro atoms. The van der Waals surface area contributed by atoms with Crippen molar-refractivity contribution in [3.63, 3.8) is 0 Å². The molecule has 0 saturated carbocycles. The molecule has 0 saturated heterocycles. The number of nitrogens with one attached hydrogen (secondary N) is 1. The second-order valence-corrected chi connectivity index (χ2v) is 10.3. The minimum atomic E-state index is -5.71. The fourth-order valence-corrected chi connectivity index (χ4v) is 4.29. The lowest BCUT2D eigenvalue weighted by Gasteiger charge is -2.29. The maximum absolute atomic E-state index is 12.6. The summed E-state index contributed by atoms with van der Waals surface area (Å²) in [7, 11) is -5.71. The molecular weight excluding hydrogens is 528 g/mol. The Morgan fingerprint density at radius 3 is 2.57 bits per heavy atom. The number of benzene rings is 2. The first-order valence-electron chi connectivity index (χ1n) is 10.7. The number of carbonyl (C=O) groups is 1. The number of alkyl halides is 3. The molecule has 0 radical (unpaired) electrons. The van der Waals surface area contributed by atoms with Gasteiger partial charge in [0.05, 0.1) is 10.0 Å². The highest BCUT2D eigenvalue weighted by Crippen LogP contribution is 2.30. The number of carbonyl (C=O) groups excluding carboxylic acids is 1. The van der Waals surface area contributed by atoms with E-state index in [2.05, 4.69) is 14.4 Å². The first kappa shape index (κ1) is 27.3. The van der Waals surface area contributed by atoms with Gasteiger partial charge in [0.25, 0.3) is 0 Å². The number of unbranched alkanes of at least 4 members (excludes halogenated alkanes) is 1. The molecule has 3 rings (SSSR count). The van der Waals surface area contributed by atoms with E-state index in [1.165, 1.54) is 18.2 Å². The summed E-state index contributed by atoms with van der Waals surface area (Å²) in [6, 6.07) is 9.23. The van der Waals surface area contributed by atoms with Crippen LogP contribution in [0.15, 0.2) is 42.5 Å². The summed E-state index contributed by atoms with van der Waals surface area (Å²) < 4.78 is 64.4. The summed E-state index contributed by atoms with van der Waals surface area (Å²) in [5.74, 6) is -0.594. The van der Waals surface area contributed by atoms with E-state index >= 15 is 0 Å². The molecule has 2 aromatic rings.